The van der Waals surface area contributed by atoms with Crippen LogP contribution < -0.4 is 10.5 Å². The lowest BCUT2D eigenvalue weighted by molar-refractivity contribution is 0.296. The molecule has 0 radical (unpaired) electrons. The van der Waals surface area contributed by atoms with Gasteiger partial charge in [0, 0.05) is 24.6 Å². The molecule has 0 saturated carbocycles. The van der Waals surface area contributed by atoms with E-state index in [0.717, 1.165) is 12.2 Å². The third kappa shape index (κ3) is 5.02. The molecular weight excluding hydrogens is 284 g/mol. The molecule has 0 aliphatic heterocycles. The number of hydrogen-bond donors (Lipinski definition) is 3. The molecule has 0 aliphatic rings. The molecule has 0 amide bonds. The minimum Gasteiger partial charge on any atom is -0.398 e. The fraction of sp³-hybridized carbons (Fsp3) is 0.500. The van der Waals surface area contributed by atoms with Crippen LogP contribution in [0.15, 0.2) is 23.1 Å². The number of sulfonamides is 1. The van der Waals surface area contributed by atoms with Crippen molar-refractivity contribution in [2.24, 2.45) is 0 Å². The average Bonchev–Trinajstić information content (AvgIpc) is 2.36. The van der Waals surface area contributed by atoms with Gasteiger partial charge in [-0.2, -0.15) is 11.8 Å². The van der Waals surface area contributed by atoms with E-state index in [-0.39, 0.29) is 11.5 Å². The topological polar surface area (TPSA) is 92.4 Å². The summed E-state index contributed by atoms with van der Waals surface area (Å²) >= 11 is 1.61. The van der Waals surface area contributed by atoms with Crippen LogP contribution in [-0.2, 0) is 10.0 Å². The van der Waals surface area contributed by atoms with Crippen LogP contribution in [0, 0.1) is 6.92 Å². The lowest BCUT2D eigenvalue weighted by atomic mass is 10.2. The second kappa shape index (κ2) is 7.74. The molecule has 1 rings (SSSR count). The third-order valence-electron chi connectivity index (χ3n) is 2.60. The summed E-state index contributed by atoms with van der Waals surface area (Å²) in [6, 6.07) is 4.86. The number of nitrogens with two attached hydrogens (primary N) is 1. The molecule has 1 aromatic rings. The molecule has 0 aromatic heterocycles. The molecule has 0 aliphatic carbocycles. The second-order valence-corrected chi connectivity index (χ2v) is 7.02. The van der Waals surface area contributed by atoms with Gasteiger partial charge in [-0.1, -0.05) is 6.07 Å². The summed E-state index contributed by atoms with van der Waals surface area (Å²) in [5, 5.41) is 8.62. The Hall–Kier alpha value is -0.760. The van der Waals surface area contributed by atoms with Gasteiger partial charge >= 0.3 is 0 Å². The Balaban J connectivity index is 2.54. The lowest BCUT2D eigenvalue weighted by Crippen LogP contribution is -2.27. The quantitative estimate of drug-likeness (QED) is 0.491. The SMILES string of the molecule is Cc1c(N)cccc1S(=O)(=O)NCCSCCCO. The molecule has 0 saturated heterocycles. The summed E-state index contributed by atoms with van der Waals surface area (Å²) in [7, 11) is -3.50. The number of rotatable bonds is 8. The molecule has 0 unspecified atom stereocenters. The van der Waals surface area contributed by atoms with Crippen LogP contribution in [0.2, 0.25) is 0 Å². The molecule has 1 aromatic carbocycles. The average molecular weight is 304 g/mol. The highest BCUT2D eigenvalue weighted by atomic mass is 32.2. The fourth-order valence-electron chi connectivity index (χ4n) is 1.52. The van der Waals surface area contributed by atoms with Gasteiger partial charge in [-0.15, -0.1) is 0 Å². The highest BCUT2D eigenvalue weighted by Gasteiger charge is 2.16. The van der Waals surface area contributed by atoms with Crippen LogP contribution in [0.25, 0.3) is 0 Å². The number of nitrogens with one attached hydrogen (secondary N) is 1. The number of hydrogen-bond acceptors (Lipinski definition) is 5. The van der Waals surface area contributed by atoms with E-state index in [2.05, 4.69) is 4.72 Å². The molecule has 108 valence electrons. The molecule has 0 bridgehead atoms. The van der Waals surface area contributed by atoms with Crippen molar-refractivity contribution in [1.29, 1.82) is 0 Å². The Kier molecular flexibility index (Phi) is 6.64. The van der Waals surface area contributed by atoms with Crippen LogP contribution in [-0.4, -0.2) is 38.2 Å². The first kappa shape index (κ1) is 16.3. The van der Waals surface area contributed by atoms with Gasteiger partial charge in [0.15, 0.2) is 0 Å². The number of aliphatic hydroxyl groups is 1. The zero-order chi connectivity index (χ0) is 14.3. The summed E-state index contributed by atoms with van der Waals surface area (Å²) in [6.45, 7) is 2.23. The Morgan fingerprint density at radius 2 is 2.11 bits per heavy atom. The largest absolute Gasteiger partial charge is 0.398 e. The van der Waals surface area contributed by atoms with E-state index >= 15 is 0 Å². The maximum atomic E-state index is 12.1. The fourth-order valence-corrected chi connectivity index (χ4v) is 3.74. The van der Waals surface area contributed by atoms with Crippen molar-refractivity contribution in [3.63, 3.8) is 0 Å². The molecule has 0 atom stereocenters. The second-order valence-electron chi connectivity index (χ2n) is 4.06. The monoisotopic (exact) mass is 304 g/mol. The Labute approximate surface area is 118 Å². The number of nitrogen functional groups attached to an aromatic ring is 1. The van der Waals surface area contributed by atoms with E-state index in [9.17, 15) is 8.42 Å². The van der Waals surface area contributed by atoms with Crippen LogP contribution in [0.4, 0.5) is 5.69 Å². The van der Waals surface area contributed by atoms with E-state index in [4.69, 9.17) is 10.8 Å². The van der Waals surface area contributed by atoms with Crippen molar-refractivity contribution in [3.05, 3.63) is 23.8 Å². The molecule has 7 heteroatoms. The van der Waals surface area contributed by atoms with Gasteiger partial charge in [0.2, 0.25) is 10.0 Å². The Morgan fingerprint density at radius 3 is 2.79 bits per heavy atom. The number of benzene rings is 1. The van der Waals surface area contributed by atoms with E-state index < -0.39 is 10.0 Å². The summed E-state index contributed by atoms with van der Waals surface area (Å²) in [4.78, 5) is 0.229. The number of thioether (sulfide) groups is 1. The summed E-state index contributed by atoms with van der Waals surface area (Å²) in [5.41, 5.74) is 6.75. The molecule has 5 nitrogen and oxygen atoms in total. The maximum Gasteiger partial charge on any atom is 0.240 e. The molecule has 4 N–H and O–H groups in total. The standard InChI is InChI=1S/C12H20N2O3S2/c1-10-11(13)4-2-5-12(10)19(16,17)14-6-9-18-8-3-7-15/h2,4-5,14-15H,3,6-9,13H2,1H3. The number of aliphatic hydroxyl groups excluding tert-OH is 1. The van der Waals surface area contributed by atoms with Crippen molar-refractivity contribution < 1.29 is 13.5 Å². The normalized spacial score (nSPS) is 11.7. The first-order chi connectivity index (χ1) is 8.99. The predicted molar refractivity (Wildman–Crippen MR) is 79.8 cm³/mol. The van der Waals surface area contributed by atoms with Crippen molar-refractivity contribution in [1.82, 2.24) is 4.72 Å². The highest BCUT2D eigenvalue weighted by Crippen LogP contribution is 2.20. The molecule has 0 heterocycles. The minimum atomic E-state index is -3.50. The van der Waals surface area contributed by atoms with Crippen LogP contribution in [0.3, 0.4) is 0 Å². The Morgan fingerprint density at radius 1 is 1.37 bits per heavy atom. The van der Waals surface area contributed by atoms with E-state index in [0.29, 0.717) is 23.5 Å². The zero-order valence-electron chi connectivity index (χ0n) is 10.9. The van der Waals surface area contributed by atoms with E-state index in [1.54, 1.807) is 36.9 Å². The van der Waals surface area contributed by atoms with E-state index in [1.165, 1.54) is 0 Å². The zero-order valence-corrected chi connectivity index (χ0v) is 12.6. The van der Waals surface area contributed by atoms with E-state index in [1.807, 2.05) is 0 Å². The van der Waals surface area contributed by atoms with Gasteiger partial charge in [-0.3, -0.25) is 0 Å². The van der Waals surface area contributed by atoms with Gasteiger partial charge in [0.1, 0.15) is 0 Å². The summed E-state index contributed by atoms with van der Waals surface area (Å²) in [5.74, 6) is 1.51. The first-order valence-corrected chi connectivity index (χ1v) is 8.66. The molecule has 0 fully saturated rings. The lowest BCUT2D eigenvalue weighted by Gasteiger charge is -2.10. The summed E-state index contributed by atoms with van der Waals surface area (Å²) < 4.78 is 26.7. The van der Waals surface area contributed by atoms with Crippen molar-refractivity contribution >= 4 is 27.5 Å². The highest BCUT2D eigenvalue weighted by molar-refractivity contribution is 7.99. The smallest absolute Gasteiger partial charge is 0.240 e. The first-order valence-electron chi connectivity index (χ1n) is 6.02. The van der Waals surface area contributed by atoms with Crippen LogP contribution in [0.5, 0.6) is 0 Å². The van der Waals surface area contributed by atoms with Crippen molar-refractivity contribution in [2.45, 2.75) is 18.2 Å². The maximum absolute atomic E-state index is 12.1. The van der Waals surface area contributed by atoms with Crippen molar-refractivity contribution in [3.8, 4) is 0 Å². The molecular formula is C12H20N2O3S2. The van der Waals surface area contributed by atoms with Gasteiger partial charge in [-0.05, 0) is 36.8 Å². The van der Waals surface area contributed by atoms with Gasteiger partial charge in [-0.25, -0.2) is 13.1 Å². The van der Waals surface area contributed by atoms with Crippen LogP contribution >= 0.6 is 11.8 Å². The number of anilines is 1. The van der Waals surface area contributed by atoms with Crippen LogP contribution in [0.1, 0.15) is 12.0 Å². The molecule has 19 heavy (non-hydrogen) atoms. The summed E-state index contributed by atoms with van der Waals surface area (Å²) in [6.07, 6.45) is 0.728. The molecule has 0 spiro atoms. The minimum absolute atomic E-state index is 0.168. The van der Waals surface area contributed by atoms with Gasteiger partial charge in [0.05, 0.1) is 4.90 Å². The third-order valence-corrected chi connectivity index (χ3v) is 5.28. The Bertz CT molecular complexity index is 504. The van der Waals surface area contributed by atoms with Gasteiger partial charge in [0.25, 0.3) is 0 Å². The predicted octanol–water partition coefficient (Wildman–Crippen LogP) is 0.971. The van der Waals surface area contributed by atoms with Crippen molar-refractivity contribution in [2.75, 3.05) is 30.4 Å². The van der Waals surface area contributed by atoms with Gasteiger partial charge < -0.3 is 10.8 Å².